The van der Waals surface area contributed by atoms with Crippen LogP contribution >= 0.6 is 0 Å². The normalized spacial score (nSPS) is 12.0. The number of para-hydroxylation sites is 4. The maximum atomic E-state index is 14.6. The Kier molecular flexibility index (Phi) is 11.5. The van der Waals surface area contributed by atoms with E-state index in [1.54, 1.807) is 12.1 Å². The molecule has 0 atom stereocenters. The molecular weight excluding hydrogens is 1040 g/mol. The summed E-state index contributed by atoms with van der Waals surface area (Å²) < 4.78 is 67.0. The van der Waals surface area contributed by atoms with Gasteiger partial charge in [0.15, 0.2) is 0 Å². The standard InChI is InChI=1S/C69H50B3F4N7/c1-39-33-41(3)63(42(4)34-39)70(64-43(5)35-40(2)36-44(64)6)67-77-68(82-55-23-15-13-21-51(55)61-59(82)31-27-49-53-37-45(71(73)74)25-29-57(53)80(65(49)61)47-17-9-7-10-18-47)79-69(78-67)83-56-24-16-14-22-52(56)62-60(83)32-28-50-54-38-46(72(75)76)26-30-58(54)81(66(50)62)48-19-11-8-12-20-48/h7-38H,1-6H3. The first-order chi connectivity index (χ1) is 40.3. The van der Waals surface area contributed by atoms with Gasteiger partial charge >= 0.3 is 14.5 Å². The van der Waals surface area contributed by atoms with Crippen molar-refractivity contribution in [1.29, 1.82) is 0 Å². The van der Waals surface area contributed by atoms with Crippen molar-refractivity contribution in [3.8, 4) is 23.3 Å². The van der Waals surface area contributed by atoms with E-state index in [0.29, 0.717) is 17.6 Å². The van der Waals surface area contributed by atoms with Gasteiger partial charge in [-0.05, 0) is 113 Å². The average Bonchev–Trinajstić information content (AvgIpc) is 2.04. The summed E-state index contributed by atoms with van der Waals surface area (Å²) in [5, 5.41) is 6.81. The van der Waals surface area contributed by atoms with E-state index < -0.39 is 21.2 Å². The lowest BCUT2D eigenvalue weighted by Crippen LogP contribution is -2.58. The van der Waals surface area contributed by atoms with Crippen LogP contribution < -0.4 is 27.6 Å². The number of nitrogens with zero attached hydrogens (tertiary/aromatic N) is 7. The van der Waals surface area contributed by atoms with E-state index >= 15 is 0 Å². The van der Waals surface area contributed by atoms with Crippen LogP contribution in [0.15, 0.2) is 194 Å². The number of benzene rings is 10. The molecule has 0 saturated carbocycles. The third kappa shape index (κ3) is 7.64. The van der Waals surface area contributed by atoms with Gasteiger partial charge < -0.3 is 9.13 Å². The minimum absolute atomic E-state index is 0.0433. The molecule has 398 valence electrons. The topological polar surface area (TPSA) is 58.4 Å². The number of hydrogen-bond donors (Lipinski definition) is 0. The van der Waals surface area contributed by atoms with Crippen LogP contribution in [-0.4, -0.2) is 54.5 Å². The van der Waals surface area contributed by atoms with Crippen LogP contribution in [0.1, 0.15) is 33.4 Å². The molecular formula is C69H50B3F4N7. The average molecular weight is 1090 g/mol. The van der Waals surface area contributed by atoms with Gasteiger partial charge in [0.05, 0.1) is 44.1 Å². The molecule has 7 nitrogen and oxygen atoms in total. The molecule has 5 aromatic heterocycles. The molecule has 0 radical (unpaired) electrons. The zero-order valence-corrected chi connectivity index (χ0v) is 46.3. The molecule has 0 saturated heterocycles. The summed E-state index contributed by atoms with van der Waals surface area (Å²) in [6, 6.07) is 63.7. The quantitative estimate of drug-likeness (QED) is 0.107. The SMILES string of the molecule is Cc1cc(C)c(B(c2nc(-n3c4ccccc4c4c3ccc3c5cc(B(F)F)ccc5n(-c5ccccc5)c34)nc(-n3c4ccccc4c4c3ccc3c5cc(B(F)F)ccc5n(-c5ccccc5)c34)n2)c2c(C)cc(C)cc2C)c(C)c1. The van der Waals surface area contributed by atoms with E-state index in [2.05, 4.69) is 120 Å². The van der Waals surface area contributed by atoms with Gasteiger partial charge in [-0.2, -0.15) is 4.98 Å². The summed E-state index contributed by atoms with van der Waals surface area (Å²) in [7, 11) is -5.29. The third-order valence-corrected chi connectivity index (χ3v) is 17.0. The number of hydrogen-bond acceptors (Lipinski definition) is 3. The number of halogens is 4. The smallest absolute Gasteiger partial charge is 0.309 e. The summed E-state index contributed by atoms with van der Waals surface area (Å²) in [5.74, 6) is 0.773. The Morgan fingerprint density at radius 2 is 0.687 bits per heavy atom. The monoisotopic (exact) mass is 1090 g/mol. The minimum atomic E-state index is -2.65. The molecule has 5 heterocycles. The number of fused-ring (bicyclic) bond motifs is 14. The fourth-order valence-corrected chi connectivity index (χ4v) is 13.9. The Morgan fingerprint density at radius 1 is 0.325 bits per heavy atom. The van der Waals surface area contributed by atoms with Crippen molar-refractivity contribution in [3.05, 3.63) is 228 Å². The van der Waals surface area contributed by atoms with Gasteiger partial charge in [0.1, 0.15) is 5.72 Å². The van der Waals surface area contributed by atoms with Crippen LogP contribution in [0.25, 0.3) is 110 Å². The van der Waals surface area contributed by atoms with E-state index in [4.69, 9.17) is 15.0 Å². The van der Waals surface area contributed by atoms with Gasteiger partial charge in [-0.15, -0.1) is 0 Å². The summed E-state index contributed by atoms with van der Waals surface area (Å²) in [6.45, 7) is 12.5. The second kappa shape index (κ2) is 19.0. The van der Waals surface area contributed by atoms with Crippen LogP contribution in [0.5, 0.6) is 0 Å². The number of aromatic nitrogens is 7. The Bertz CT molecular complexity index is 4840. The minimum Gasteiger partial charge on any atom is -0.309 e. The molecule has 0 N–H and O–H groups in total. The van der Waals surface area contributed by atoms with Crippen molar-refractivity contribution in [1.82, 2.24) is 33.2 Å². The maximum absolute atomic E-state index is 14.6. The first-order valence-electron chi connectivity index (χ1n) is 27.9. The van der Waals surface area contributed by atoms with Crippen molar-refractivity contribution < 1.29 is 17.3 Å². The lowest BCUT2D eigenvalue weighted by molar-refractivity contribution is 0.684. The van der Waals surface area contributed by atoms with Crippen LogP contribution in [-0.2, 0) is 0 Å². The van der Waals surface area contributed by atoms with Crippen molar-refractivity contribution in [2.75, 3.05) is 0 Å². The second-order valence-corrected chi connectivity index (χ2v) is 22.3. The highest BCUT2D eigenvalue weighted by atomic mass is 19.2. The van der Waals surface area contributed by atoms with Crippen LogP contribution in [0, 0.1) is 41.5 Å². The molecule has 0 aliphatic rings. The predicted octanol–water partition coefficient (Wildman–Crippen LogP) is 13.9. The van der Waals surface area contributed by atoms with Gasteiger partial charge in [-0.3, -0.25) is 26.4 Å². The Labute approximate surface area is 476 Å². The molecule has 0 unspecified atom stereocenters. The summed E-state index contributed by atoms with van der Waals surface area (Å²) in [6.07, 6.45) is 0. The largest absolute Gasteiger partial charge is 0.572 e. The van der Waals surface area contributed by atoms with E-state index in [1.165, 1.54) is 12.1 Å². The van der Waals surface area contributed by atoms with E-state index in [0.717, 1.165) is 143 Å². The fraction of sp³-hybridized carbons (Fsp3) is 0.0870. The molecule has 10 aromatic carbocycles. The molecule has 0 aliphatic heterocycles. The van der Waals surface area contributed by atoms with Gasteiger partial charge in [0, 0.05) is 54.5 Å². The third-order valence-electron chi connectivity index (χ3n) is 17.0. The zero-order valence-electron chi connectivity index (χ0n) is 46.3. The Morgan fingerprint density at radius 3 is 1.08 bits per heavy atom. The highest BCUT2D eigenvalue weighted by Crippen LogP contribution is 2.44. The molecule has 0 spiro atoms. The lowest BCUT2D eigenvalue weighted by atomic mass is 9.37. The number of aryl methyl sites for hydroxylation is 6. The molecule has 0 aliphatic carbocycles. The molecule has 0 amide bonds. The van der Waals surface area contributed by atoms with E-state index in [9.17, 15) is 17.3 Å². The van der Waals surface area contributed by atoms with Crippen molar-refractivity contribution >= 4 is 136 Å². The van der Waals surface area contributed by atoms with Crippen molar-refractivity contribution in [3.63, 3.8) is 0 Å². The van der Waals surface area contributed by atoms with Crippen molar-refractivity contribution in [2.45, 2.75) is 41.5 Å². The highest BCUT2D eigenvalue weighted by molar-refractivity contribution is 6.95. The van der Waals surface area contributed by atoms with Crippen LogP contribution in [0.3, 0.4) is 0 Å². The number of rotatable bonds is 9. The molecule has 15 aromatic rings. The van der Waals surface area contributed by atoms with Gasteiger partial charge in [-0.25, -0.2) is 9.97 Å². The van der Waals surface area contributed by atoms with Crippen molar-refractivity contribution in [2.24, 2.45) is 0 Å². The summed E-state index contributed by atoms with van der Waals surface area (Å²) >= 11 is 0. The van der Waals surface area contributed by atoms with Gasteiger partial charge in [-0.1, -0.05) is 178 Å². The first-order valence-corrected chi connectivity index (χ1v) is 27.9. The highest BCUT2D eigenvalue weighted by Gasteiger charge is 2.35. The molecule has 14 heteroatoms. The van der Waals surface area contributed by atoms with E-state index in [-0.39, 0.29) is 10.9 Å². The lowest BCUT2D eigenvalue weighted by Gasteiger charge is -2.24. The molecule has 0 bridgehead atoms. The van der Waals surface area contributed by atoms with Gasteiger partial charge in [0.25, 0.3) is 6.71 Å². The fourth-order valence-electron chi connectivity index (χ4n) is 13.9. The molecule has 0 fully saturated rings. The molecule has 83 heavy (non-hydrogen) atoms. The second-order valence-electron chi connectivity index (χ2n) is 22.3. The maximum Gasteiger partial charge on any atom is 0.572 e. The molecule has 15 rings (SSSR count). The summed E-state index contributed by atoms with van der Waals surface area (Å²) in [5.41, 5.74) is 17.9. The summed E-state index contributed by atoms with van der Waals surface area (Å²) in [4.78, 5) is 17.2. The van der Waals surface area contributed by atoms with Gasteiger partial charge in [0.2, 0.25) is 11.9 Å². The van der Waals surface area contributed by atoms with Crippen LogP contribution in [0.4, 0.5) is 17.3 Å². The Hall–Kier alpha value is -9.68. The van der Waals surface area contributed by atoms with E-state index in [1.807, 2.05) is 109 Å². The van der Waals surface area contributed by atoms with Crippen LogP contribution in [0.2, 0.25) is 0 Å². The predicted molar refractivity (Wildman–Crippen MR) is 338 cm³/mol. The first kappa shape index (κ1) is 50.3. The Balaban J connectivity index is 1.11. The zero-order chi connectivity index (χ0) is 56.7.